The van der Waals surface area contributed by atoms with Crippen LogP contribution in [0.2, 0.25) is 0 Å². The maximum Gasteiger partial charge on any atom is 0.232 e. The van der Waals surface area contributed by atoms with E-state index in [4.69, 9.17) is 4.74 Å². The van der Waals surface area contributed by atoms with Gasteiger partial charge in [0.1, 0.15) is 17.3 Å². The van der Waals surface area contributed by atoms with Gasteiger partial charge in [-0.1, -0.05) is 30.3 Å². The van der Waals surface area contributed by atoms with E-state index < -0.39 is 16.6 Å². The van der Waals surface area contributed by atoms with Gasteiger partial charge in [0.15, 0.2) is 0 Å². The highest BCUT2D eigenvalue weighted by Crippen LogP contribution is 2.20. The van der Waals surface area contributed by atoms with Gasteiger partial charge in [-0.3, -0.25) is 9.00 Å². The van der Waals surface area contributed by atoms with Gasteiger partial charge in [-0.2, -0.15) is 0 Å². The van der Waals surface area contributed by atoms with Gasteiger partial charge in [-0.05, 0) is 23.8 Å². The van der Waals surface area contributed by atoms with Gasteiger partial charge < -0.3 is 10.1 Å². The lowest BCUT2D eigenvalue weighted by molar-refractivity contribution is -0.118. The molecule has 2 rings (SSSR count). The highest BCUT2D eigenvalue weighted by molar-refractivity contribution is 7.84. The Balaban J connectivity index is 1.87. The maximum absolute atomic E-state index is 13.3. The molecule has 0 radical (unpaired) electrons. The van der Waals surface area contributed by atoms with E-state index in [0.717, 1.165) is 5.56 Å². The molecule has 1 amide bonds. The van der Waals surface area contributed by atoms with Crippen molar-refractivity contribution in [3.05, 3.63) is 65.5 Å². The smallest absolute Gasteiger partial charge is 0.232 e. The van der Waals surface area contributed by atoms with Crippen LogP contribution in [0.4, 0.5) is 4.39 Å². The monoisotopic (exact) mass is 335 g/mol. The second kappa shape index (κ2) is 8.43. The molecule has 0 saturated carbocycles. The first-order valence-corrected chi connectivity index (χ1v) is 8.55. The summed E-state index contributed by atoms with van der Waals surface area (Å²) in [4.78, 5) is 11.8. The number of ether oxygens (including phenoxy) is 1. The van der Waals surface area contributed by atoms with Crippen molar-refractivity contribution < 1.29 is 18.1 Å². The molecule has 0 fully saturated rings. The van der Waals surface area contributed by atoms with Crippen molar-refractivity contribution in [2.45, 2.75) is 12.3 Å². The number of carbonyl (C=O) groups excluding carboxylic acids is 1. The summed E-state index contributed by atoms with van der Waals surface area (Å²) in [5.74, 6) is -0.329. The lowest BCUT2D eigenvalue weighted by Crippen LogP contribution is -2.28. The van der Waals surface area contributed by atoms with Crippen LogP contribution in [-0.4, -0.2) is 23.0 Å². The number of carbonyl (C=O) groups is 1. The summed E-state index contributed by atoms with van der Waals surface area (Å²) in [6, 6.07) is 13.5. The summed E-state index contributed by atoms with van der Waals surface area (Å²) in [6.45, 7) is 0.389. The van der Waals surface area contributed by atoms with E-state index in [-0.39, 0.29) is 17.4 Å². The Morgan fingerprint density at radius 1 is 1.22 bits per heavy atom. The van der Waals surface area contributed by atoms with Crippen molar-refractivity contribution in [1.82, 2.24) is 5.32 Å². The number of hydrogen-bond donors (Lipinski definition) is 1. The molecule has 0 aliphatic heterocycles. The number of rotatable bonds is 7. The number of benzene rings is 2. The molecule has 2 aromatic rings. The topological polar surface area (TPSA) is 55.4 Å². The summed E-state index contributed by atoms with van der Waals surface area (Å²) >= 11 is 0. The third-order valence-corrected chi connectivity index (χ3v) is 4.40. The number of nitrogens with one attached hydrogen (secondary N) is 1. The predicted molar refractivity (Wildman–Crippen MR) is 88.0 cm³/mol. The van der Waals surface area contributed by atoms with Crippen molar-refractivity contribution in [3.8, 4) is 5.75 Å². The van der Waals surface area contributed by atoms with Crippen molar-refractivity contribution in [1.29, 1.82) is 0 Å². The predicted octanol–water partition coefficient (Wildman–Crippen LogP) is 2.40. The van der Waals surface area contributed by atoms with Gasteiger partial charge in [0, 0.05) is 22.9 Å². The Morgan fingerprint density at radius 2 is 1.96 bits per heavy atom. The van der Waals surface area contributed by atoms with Gasteiger partial charge in [-0.25, -0.2) is 4.39 Å². The largest absolute Gasteiger partial charge is 0.496 e. The van der Waals surface area contributed by atoms with E-state index in [2.05, 4.69) is 5.32 Å². The summed E-state index contributed by atoms with van der Waals surface area (Å²) in [5.41, 5.74) is 1.46. The molecule has 0 saturated heterocycles. The lowest BCUT2D eigenvalue weighted by atomic mass is 10.2. The first-order valence-electron chi connectivity index (χ1n) is 7.06. The van der Waals surface area contributed by atoms with Crippen molar-refractivity contribution in [3.63, 3.8) is 0 Å². The first kappa shape index (κ1) is 17.1. The molecule has 122 valence electrons. The van der Waals surface area contributed by atoms with E-state index in [1.54, 1.807) is 0 Å². The Labute approximate surface area is 137 Å². The van der Waals surface area contributed by atoms with Crippen LogP contribution in [0.5, 0.6) is 5.75 Å². The first-order chi connectivity index (χ1) is 11.1. The van der Waals surface area contributed by atoms with Crippen LogP contribution in [-0.2, 0) is 27.9 Å². The molecule has 6 heteroatoms. The van der Waals surface area contributed by atoms with E-state index in [1.807, 2.05) is 30.3 Å². The molecular weight excluding hydrogens is 317 g/mol. The van der Waals surface area contributed by atoms with Crippen LogP contribution in [0.1, 0.15) is 11.1 Å². The third-order valence-electron chi connectivity index (χ3n) is 3.18. The van der Waals surface area contributed by atoms with E-state index in [0.29, 0.717) is 17.9 Å². The minimum absolute atomic E-state index is 0.0691. The van der Waals surface area contributed by atoms with Crippen LogP contribution in [0.25, 0.3) is 0 Å². The summed E-state index contributed by atoms with van der Waals surface area (Å²) in [7, 11) is 0.0267. The molecule has 1 atom stereocenters. The number of amides is 1. The number of methoxy groups -OCH3 is 1. The molecule has 0 aliphatic rings. The second-order valence-electron chi connectivity index (χ2n) is 4.95. The zero-order valence-corrected chi connectivity index (χ0v) is 13.6. The molecule has 1 unspecified atom stereocenters. The van der Waals surface area contributed by atoms with Gasteiger partial charge in [0.05, 0.1) is 12.9 Å². The van der Waals surface area contributed by atoms with Crippen molar-refractivity contribution >= 4 is 16.7 Å². The van der Waals surface area contributed by atoms with Crippen LogP contribution in [0.15, 0.2) is 48.5 Å². The van der Waals surface area contributed by atoms with Crippen LogP contribution >= 0.6 is 0 Å². The van der Waals surface area contributed by atoms with E-state index >= 15 is 0 Å². The van der Waals surface area contributed by atoms with E-state index in [9.17, 15) is 13.4 Å². The lowest BCUT2D eigenvalue weighted by Gasteiger charge is -2.09. The Morgan fingerprint density at radius 3 is 2.65 bits per heavy atom. The fourth-order valence-corrected chi connectivity index (χ4v) is 3.15. The molecular formula is C17H18FNO3S. The zero-order chi connectivity index (χ0) is 16.7. The minimum Gasteiger partial charge on any atom is -0.496 e. The fraction of sp³-hybridized carbons (Fsp3) is 0.235. The molecule has 0 aromatic heterocycles. The van der Waals surface area contributed by atoms with Crippen LogP contribution in [0.3, 0.4) is 0 Å². The molecule has 1 N–H and O–H groups in total. The van der Waals surface area contributed by atoms with Gasteiger partial charge >= 0.3 is 0 Å². The number of hydrogen-bond acceptors (Lipinski definition) is 3. The normalized spacial score (nSPS) is 11.7. The zero-order valence-electron chi connectivity index (χ0n) is 12.8. The third kappa shape index (κ3) is 5.49. The molecule has 0 heterocycles. The second-order valence-corrected chi connectivity index (χ2v) is 6.40. The molecule has 0 bridgehead atoms. The summed E-state index contributed by atoms with van der Waals surface area (Å²) < 4.78 is 30.5. The molecule has 4 nitrogen and oxygen atoms in total. The highest BCUT2D eigenvalue weighted by Gasteiger charge is 2.12. The SMILES string of the molecule is COc1ccc(F)cc1CS(=O)CC(=O)NCc1ccccc1. The van der Waals surface area contributed by atoms with Gasteiger partial charge in [0.25, 0.3) is 0 Å². The Kier molecular flexibility index (Phi) is 6.29. The van der Waals surface area contributed by atoms with E-state index in [1.165, 1.54) is 25.3 Å². The van der Waals surface area contributed by atoms with Crippen molar-refractivity contribution in [2.24, 2.45) is 0 Å². The summed E-state index contributed by atoms with van der Waals surface area (Å²) in [5, 5.41) is 2.72. The van der Waals surface area contributed by atoms with Gasteiger partial charge in [-0.15, -0.1) is 0 Å². The molecule has 2 aromatic carbocycles. The van der Waals surface area contributed by atoms with Gasteiger partial charge in [0.2, 0.25) is 5.91 Å². The maximum atomic E-state index is 13.3. The summed E-state index contributed by atoms with van der Waals surface area (Å²) in [6.07, 6.45) is 0. The molecule has 0 spiro atoms. The molecule has 0 aliphatic carbocycles. The van der Waals surface area contributed by atoms with Crippen molar-refractivity contribution in [2.75, 3.05) is 12.9 Å². The Hall–Kier alpha value is -2.21. The highest BCUT2D eigenvalue weighted by atomic mass is 32.2. The fourth-order valence-electron chi connectivity index (χ4n) is 2.08. The quantitative estimate of drug-likeness (QED) is 0.845. The van der Waals surface area contributed by atoms with Crippen LogP contribution in [0, 0.1) is 5.82 Å². The average Bonchev–Trinajstić information content (AvgIpc) is 2.54. The minimum atomic E-state index is -1.44. The van der Waals surface area contributed by atoms with Crippen LogP contribution < -0.4 is 10.1 Å². The standard InChI is InChI=1S/C17H18FNO3S/c1-22-16-8-7-15(18)9-14(16)11-23(21)12-17(20)19-10-13-5-3-2-4-6-13/h2-9H,10-12H2,1H3,(H,19,20). The number of halogens is 1. The Bertz CT molecular complexity index is 691. The molecule has 23 heavy (non-hydrogen) atoms. The average molecular weight is 335 g/mol.